The predicted molar refractivity (Wildman–Crippen MR) is 54.0 cm³/mol. The molecule has 0 atom stereocenters. The van der Waals surface area contributed by atoms with E-state index in [2.05, 4.69) is 0 Å². The molecule has 1 aromatic carbocycles. The summed E-state index contributed by atoms with van der Waals surface area (Å²) in [5.74, 6) is -9.13. The van der Waals surface area contributed by atoms with E-state index in [1.54, 1.807) is 6.07 Å². The summed E-state index contributed by atoms with van der Waals surface area (Å²) in [5.41, 5.74) is -0.381. The Morgan fingerprint density at radius 2 is 1.85 bits per heavy atom. The smallest absolute Gasteiger partial charge is 0.346 e. The lowest BCUT2D eigenvalue weighted by Gasteiger charge is -2.18. The number of nitriles is 1. The van der Waals surface area contributed by atoms with Crippen molar-refractivity contribution in [1.82, 2.24) is 5.32 Å². The zero-order chi connectivity index (χ0) is 15.6. The van der Waals surface area contributed by atoms with Crippen LogP contribution in [0.25, 0.3) is 0 Å². The lowest BCUT2D eigenvalue weighted by Crippen LogP contribution is -2.50. The molecule has 1 rings (SSSR count). The van der Waals surface area contributed by atoms with Gasteiger partial charge in [-0.15, -0.1) is 0 Å². The molecule has 9 heteroatoms. The molecule has 1 N–H and O–H groups in total. The molecule has 0 spiro atoms. The zero-order valence-corrected chi connectivity index (χ0v) is 9.56. The molecule has 0 heterocycles. The summed E-state index contributed by atoms with van der Waals surface area (Å²) in [7, 11) is 0. The molecular weight excluding hydrogens is 290 g/mol. The first kappa shape index (κ1) is 15.8. The average Bonchev–Trinajstić information content (AvgIpc) is 2.35. The van der Waals surface area contributed by atoms with E-state index in [9.17, 15) is 31.1 Å². The molecule has 3 nitrogen and oxygen atoms in total. The SMILES string of the molecule is N#Cc1ccc(CNC(=O)C(F)(F)C(F)(F)F)c(F)c1. The summed E-state index contributed by atoms with van der Waals surface area (Å²) in [6, 6.07) is 4.51. The highest BCUT2D eigenvalue weighted by Crippen LogP contribution is 2.35. The van der Waals surface area contributed by atoms with Gasteiger partial charge in [-0.1, -0.05) is 6.07 Å². The second-order valence-electron chi connectivity index (χ2n) is 3.67. The molecule has 1 aromatic rings. The summed E-state index contributed by atoms with van der Waals surface area (Å²) in [6.45, 7) is -0.859. The number of nitrogens with one attached hydrogen (secondary N) is 1. The molecule has 0 unspecified atom stereocenters. The van der Waals surface area contributed by atoms with Gasteiger partial charge in [-0.05, 0) is 12.1 Å². The van der Waals surface area contributed by atoms with E-state index in [4.69, 9.17) is 5.26 Å². The molecule has 0 aliphatic heterocycles. The lowest BCUT2D eigenvalue weighted by atomic mass is 10.1. The Kier molecular flexibility index (Phi) is 4.27. The van der Waals surface area contributed by atoms with Crippen LogP contribution in [0, 0.1) is 17.1 Å². The van der Waals surface area contributed by atoms with Gasteiger partial charge in [0.15, 0.2) is 0 Å². The molecule has 0 saturated heterocycles. The van der Waals surface area contributed by atoms with E-state index < -0.39 is 30.4 Å². The summed E-state index contributed by atoms with van der Waals surface area (Å²) in [4.78, 5) is 10.8. The van der Waals surface area contributed by atoms with Gasteiger partial charge in [0.2, 0.25) is 0 Å². The Hall–Kier alpha value is -2.24. The van der Waals surface area contributed by atoms with Crippen LogP contribution in [-0.4, -0.2) is 18.0 Å². The topological polar surface area (TPSA) is 52.9 Å². The van der Waals surface area contributed by atoms with Gasteiger partial charge in [0, 0.05) is 12.1 Å². The maximum atomic E-state index is 13.3. The Balaban J connectivity index is 2.79. The monoisotopic (exact) mass is 296 g/mol. The van der Waals surface area contributed by atoms with Crippen LogP contribution in [0.4, 0.5) is 26.3 Å². The van der Waals surface area contributed by atoms with Gasteiger partial charge in [-0.2, -0.15) is 27.2 Å². The maximum Gasteiger partial charge on any atom is 0.463 e. The maximum absolute atomic E-state index is 13.3. The van der Waals surface area contributed by atoms with Gasteiger partial charge in [0.1, 0.15) is 5.82 Å². The van der Waals surface area contributed by atoms with E-state index >= 15 is 0 Å². The standard InChI is InChI=1S/C11H6F6N2O/c12-8-3-6(4-18)1-2-7(8)5-19-9(20)10(13,14)11(15,16)17/h1-3H,5H2,(H,19,20). The van der Waals surface area contributed by atoms with Crippen molar-refractivity contribution < 1.29 is 31.1 Å². The van der Waals surface area contributed by atoms with Crippen LogP contribution in [0.1, 0.15) is 11.1 Å². The quantitative estimate of drug-likeness (QED) is 0.871. The van der Waals surface area contributed by atoms with E-state index in [0.29, 0.717) is 0 Å². The largest absolute Gasteiger partial charge is 0.463 e. The first-order valence-electron chi connectivity index (χ1n) is 5.01. The van der Waals surface area contributed by atoms with Crippen molar-refractivity contribution in [3.05, 3.63) is 35.1 Å². The lowest BCUT2D eigenvalue weighted by molar-refractivity contribution is -0.269. The van der Waals surface area contributed by atoms with Crippen molar-refractivity contribution in [2.45, 2.75) is 18.6 Å². The Morgan fingerprint density at radius 3 is 2.30 bits per heavy atom. The normalized spacial score (nSPS) is 11.8. The number of carbonyl (C=O) groups excluding carboxylic acids is 1. The van der Waals surface area contributed by atoms with Crippen LogP contribution < -0.4 is 5.32 Å². The Morgan fingerprint density at radius 1 is 1.25 bits per heavy atom. The Labute approximate surface area is 108 Å². The van der Waals surface area contributed by atoms with Gasteiger partial charge < -0.3 is 5.32 Å². The van der Waals surface area contributed by atoms with Crippen molar-refractivity contribution in [3.8, 4) is 6.07 Å². The number of benzene rings is 1. The molecule has 1 amide bonds. The van der Waals surface area contributed by atoms with Crippen LogP contribution in [0.3, 0.4) is 0 Å². The van der Waals surface area contributed by atoms with E-state index in [0.717, 1.165) is 18.2 Å². The van der Waals surface area contributed by atoms with Crippen LogP contribution in [-0.2, 0) is 11.3 Å². The number of hydrogen-bond acceptors (Lipinski definition) is 2. The van der Waals surface area contributed by atoms with E-state index in [1.807, 2.05) is 0 Å². The number of nitrogens with zero attached hydrogens (tertiary/aromatic N) is 1. The van der Waals surface area contributed by atoms with E-state index in [-0.39, 0.29) is 11.1 Å². The molecule has 0 saturated carbocycles. The minimum atomic E-state index is -6.03. The number of rotatable bonds is 3. The van der Waals surface area contributed by atoms with Gasteiger partial charge in [0.05, 0.1) is 11.6 Å². The average molecular weight is 296 g/mol. The molecule has 0 aliphatic rings. The van der Waals surface area contributed by atoms with Crippen LogP contribution in [0.2, 0.25) is 0 Å². The van der Waals surface area contributed by atoms with E-state index in [1.165, 1.54) is 5.32 Å². The van der Waals surface area contributed by atoms with Crippen molar-refractivity contribution >= 4 is 5.91 Å². The number of hydrogen-bond donors (Lipinski definition) is 1. The van der Waals surface area contributed by atoms with Crippen LogP contribution in [0.15, 0.2) is 18.2 Å². The first-order valence-corrected chi connectivity index (χ1v) is 5.01. The highest BCUT2D eigenvalue weighted by atomic mass is 19.4. The fourth-order valence-corrected chi connectivity index (χ4v) is 1.18. The summed E-state index contributed by atoms with van der Waals surface area (Å²) in [5, 5.41) is 9.75. The molecule has 0 bridgehead atoms. The molecule has 0 radical (unpaired) electrons. The minimum Gasteiger partial charge on any atom is -0.346 e. The number of amides is 1. The van der Waals surface area contributed by atoms with Crippen molar-refractivity contribution in [2.24, 2.45) is 0 Å². The van der Waals surface area contributed by atoms with Gasteiger partial charge in [0.25, 0.3) is 0 Å². The first-order chi connectivity index (χ1) is 9.09. The van der Waals surface area contributed by atoms with Gasteiger partial charge in [-0.3, -0.25) is 4.79 Å². The number of alkyl halides is 5. The molecule has 0 fully saturated rings. The minimum absolute atomic E-state index is 0.0572. The van der Waals surface area contributed by atoms with Crippen LogP contribution >= 0.6 is 0 Å². The summed E-state index contributed by atoms with van der Waals surface area (Å²) < 4.78 is 74.1. The summed E-state index contributed by atoms with van der Waals surface area (Å²) >= 11 is 0. The third-order valence-corrected chi connectivity index (χ3v) is 2.26. The number of halogens is 6. The van der Waals surface area contributed by atoms with Gasteiger partial charge >= 0.3 is 18.0 Å². The molecule has 20 heavy (non-hydrogen) atoms. The third-order valence-electron chi connectivity index (χ3n) is 2.26. The second-order valence-corrected chi connectivity index (χ2v) is 3.67. The van der Waals surface area contributed by atoms with Crippen molar-refractivity contribution in [3.63, 3.8) is 0 Å². The van der Waals surface area contributed by atoms with Gasteiger partial charge in [-0.25, -0.2) is 4.39 Å². The third kappa shape index (κ3) is 3.20. The Bertz CT molecular complexity index is 561. The highest BCUT2D eigenvalue weighted by molar-refractivity contribution is 5.84. The van der Waals surface area contributed by atoms with Crippen molar-refractivity contribution in [2.75, 3.05) is 0 Å². The fourth-order valence-electron chi connectivity index (χ4n) is 1.18. The molecular formula is C11H6F6N2O. The second kappa shape index (κ2) is 5.40. The van der Waals surface area contributed by atoms with Crippen LogP contribution in [0.5, 0.6) is 0 Å². The molecule has 0 aliphatic carbocycles. The summed E-state index contributed by atoms with van der Waals surface area (Å²) in [6.07, 6.45) is -6.03. The number of carbonyl (C=O) groups is 1. The predicted octanol–water partition coefficient (Wildman–Crippen LogP) is 2.51. The van der Waals surface area contributed by atoms with Crippen molar-refractivity contribution in [1.29, 1.82) is 5.26 Å². The molecule has 108 valence electrons. The highest BCUT2D eigenvalue weighted by Gasteiger charge is 2.63. The molecule has 0 aromatic heterocycles. The zero-order valence-electron chi connectivity index (χ0n) is 9.56. The fraction of sp³-hybridized carbons (Fsp3) is 0.273.